The highest BCUT2D eigenvalue weighted by atomic mass is 35.5. The first-order chi connectivity index (χ1) is 14.2. The minimum absolute atomic E-state index is 0.0450. The Morgan fingerprint density at radius 2 is 1.93 bits per heavy atom. The van der Waals surface area contributed by atoms with Crippen molar-refractivity contribution >= 4 is 52.5 Å². The van der Waals surface area contributed by atoms with Crippen LogP contribution in [0.3, 0.4) is 0 Å². The van der Waals surface area contributed by atoms with Gasteiger partial charge in [-0.05, 0) is 36.6 Å². The monoisotopic (exact) mass is 469 g/mol. The number of nitro benzene ring substituents is 1. The Balaban J connectivity index is 2.18. The molecular formula is C20H21Cl2N3O4S. The van der Waals surface area contributed by atoms with E-state index in [1.54, 1.807) is 43.1 Å². The molecule has 0 radical (unpaired) electrons. The van der Waals surface area contributed by atoms with Crippen molar-refractivity contribution in [2.24, 2.45) is 0 Å². The van der Waals surface area contributed by atoms with Crippen LogP contribution in [-0.4, -0.2) is 46.7 Å². The molecule has 0 aliphatic carbocycles. The van der Waals surface area contributed by atoms with E-state index in [2.05, 4.69) is 5.32 Å². The summed E-state index contributed by atoms with van der Waals surface area (Å²) < 4.78 is 0. The number of thioether (sulfide) groups is 1. The molecule has 1 N–H and O–H groups in total. The maximum absolute atomic E-state index is 13.0. The SMILES string of the molecule is CSCCC(NC(=O)c1ccc(Cl)cc1Cl)C(=O)N(C)Cc1ccccc1[N+](=O)[O-]. The maximum atomic E-state index is 13.0. The highest BCUT2D eigenvalue weighted by Gasteiger charge is 2.26. The molecule has 2 amide bonds. The lowest BCUT2D eigenvalue weighted by Gasteiger charge is -2.25. The summed E-state index contributed by atoms with van der Waals surface area (Å²) in [4.78, 5) is 37.8. The van der Waals surface area contributed by atoms with Crippen LogP contribution in [0, 0.1) is 10.1 Å². The Bertz CT molecular complexity index is 942. The third-order valence-electron chi connectivity index (χ3n) is 4.36. The number of carbonyl (C=O) groups excluding carboxylic acids is 2. The van der Waals surface area contributed by atoms with Crippen molar-refractivity contribution in [1.29, 1.82) is 0 Å². The summed E-state index contributed by atoms with van der Waals surface area (Å²) in [6.45, 7) is 0.0450. The molecule has 0 aromatic heterocycles. The predicted octanol–water partition coefficient (Wildman–Crippen LogP) is 4.41. The van der Waals surface area contributed by atoms with Crippen molar-refractivity contribution in [3.8, 4) is 0 Å². The zero-order valence-corrected chi connectivity index (χ0v) is 18.8. The van der Waals surface area contributed by atoms with Gasteiger partial charge in [0.05, 0.1) is 22.1 Å². The van der Waals surface area contributed by atoms with Gasteiger partial charge in [-0.1, -0.05) is 41.4 Å². The van der Waals surface area contributed by atoms with Crippen LogP contribution in [0.15, 0.2) is 42.5 Å². The van der Waals surface area contributed by atoms with Gasteiger partial charge in [-0.2, -0.15) is 11.8 Å². The van der Waals surface area contributed by atoms with E-state index in [1.165, 1.54) is 23.1 Å². The molecule has 1 atom stereocenters. The van der Waals surface area contributed by atoms with Gasteiger partial charge in [-0.3, -0.25) is 19.7 Å². The number of nitro groups is 1. The average molecular weight is 470 g/mol. The number of nitrogens with one attached hydrogen (secondary N) is 1. The van der Waals surface area contributed by atoms with Crippen LogP contribution >= 0.6 is 35.0 Å². The number of benzene rings is 2. The van der Waals surface area contributed by atoms with Gasteiger partial charge in [0.25, 0.3) is 11.6 Å². The van der Waals surface area contributed by atoms with Crippen molar-refractivity contribution in [1.82, 2.24) is 10.2 Å². The van der Waals surface area contributed by atoms with E-state index < -0.39 is 16.9 Å². The normalized spacial score (nSPS) is 11.6. The largest absolute Gasteiger partial charge is 0.340 e. The molecule has 1 unspecified atom stereocenters. The van der Waals surface area contributed by atoms with E-state index in [0.29, 0.717) is 22.8 Å². The molecule has 0 saturated carbocycles. The minimum Gasteiger partial charge on any atom is -0.340 e. The summed E-state index contributed by atoms with van der Waals surface area (Å²) in [5, 5.41) is 14.5. The number of likely N-dealkylation sites (N-methyl/N-ethyl adjacent to an activating group) is 1. The predicted molar refractivity (Wildman–Crippen MR) is 120 cm³/mol. The van der Waals surface area contributed by atoms with Crippen molar-refractivity contribution in [3.05, 3.63) is 73.8 Å². The highest BCUT2D eigenvalue weighted by molar-refractivity contribution is 7.98. The fraction of sp³-hybridized carbons (Fsp3) is 0.300. The van der Waals surface area contributed by atoms with Gasteiger partial charge in [0, 0.05) is 23.7 Å². The Morgan fingerprint density at radius 3 is 2.57 bits per heavy atom. The smallest absolute Gasteiger partial charge is 0.274 e. The molecule has 7 nitrogen and oxygen atoms in total. The van der Waals surface area contributed by atoms with Crippen LogP contribution in [0.5, 0.6) is 0 Å². The van der Waals surface area contributed by atoms with Gasteiger partial charge < -0.3 is 10.2 Å². The van der Waals surface area contributed by atoms with Crippen molar-refractivity contribution < 1.29 is 14.5 Å². The van der Waals surface area contributed by atoms with Crippen LogP contribution < -0.4 is 5.32 Å². The molecule has 0 aliphatic rings. The van der Waals surface area contributed by atoms with E-state index in [9.17, 15) is 19.7 Å². The maximum Gasteiger partial charge on any atom is 0.274 e. The van der Waals surface area contributed by atoms with Gasteiger partial charge in [-0.25, -0.2) is 0 Å². The standard InChI is InChI=1S/C20H21Cl2N3O4S/c1-24(12-13-5-3-4-6-18(13)25(28)29)20(27)17(9-10-30-2)23-19(26)15-8-7-14(21)11-16(15)22/h3-8,11,17H,9-10,12H2,1-2H3,(H,23,26). The van der Waals surface area contributed by atoms with Crippen molar-refractivity contribution in [2.75, 3.05) is 19.1 Å². The lowest BCUT2D eigenvalue weighted by Crippen LogP contribution is -2.47. The lowest BCUT2D eigenvalue weighted by atomic mass is 10.1. The topological polar surface area (TPSA) is 92.6 Å². The molecule has 2 aromatic rings. The molecule has 0 fully saturated rings. The third kappa shape index (κ3) is 6.35. The molecule has 160 valence electrons. The number of carbonyl (C=O) groups is 2. The summed E-state index contributed by atoms with van der Waals surface area (Å²) in [5.74, 6) is -0.194. The Labute approximate surface area is 188 Å². The van der Waals surface area contributed by atoms with Gasteiger partial charge >= 0.3 is 0 Å². The first-order valence-electron chi connectivity index (χ1n) is 8.96. The second kappa shape index (κ2) is 11.2. The molecule has 0 bridgehead atoms. The Hall–Kier alpha value is -2.29. The quantitative estimate of drug-likeness (QED) is 0.433. The summed E-state index contributed by atoms with van der Waals surface area (Å²) in [5.41, 5.74) is 0.563. The zero-order valence-electron chi connectivity index (χ0n) is 16.4. The minimum atomic E-state index is -0.801. The van der Waals surface area contributed by atoms with Gasteiger partial charge in [0.1, 0.15) is 6.04 Å². The number of amides is 2. The summed E-state index contributed by atoms with van der Waals surface area (Å²) in [6, 6.07) is 9.93. The molecule has 0 heterocycles. The molecule has 30 heavy (non-hydrogen) atoms. The van der Waals surface area contributed by atoms with Crippen LogP contribution in [0.4, 0.5) is 5.69 Å². The summed E-state index contributed by atoms with van der Waals surface area (Å²) in [7, 11) is 1.55. The number of rotatable bonds is 9. The van der Waals surface area contributed by atoms with Gasteiger partial charge in [0.15, 0.2) is 0 Å². The van der Waals surface area contributed by atoms with E-state index in [-0.39, 0.29) is 28.7 Å². The molecular weight excluding hydrogens is 449 g/mol. The molecule has 0 saturated heterocycles. The van der Waals surface area contributed by atoms with Crippen molar-refractivity contribution in [3.63, 3.8) is 0 Å². The Kier molecular flexibility index (Phi) is 8.95. The van der Waals surface area contributed by atoms with Gasteiger partial charge in [-0.15, -0.1) is 0 Å². The lowest BCUT2D eigenvalue weighted by molar-refractivity contribution is -0.385. The number of hydrogen-bond acceptors (Lipinski definition) is 5. The number of nitrogens with zero attached hydrogens (tertiary/aromatic N) is 2. The van der Waals surface area contributed by atoms with E-state index in [1.807, 2.05) is 6.26 Å². The van der Waals surface area contributed by atoms with E-state index in [4.69, 9.17) is 23.2 Å². The second-order valence-corrected chi connectivity index (χ2v) is 8.34. The molecule has 0 aliphatic heterocycles. The number of halogens is 2. The fourth-order valence-electron chi connectivity index (χ4n) is 2.82. The van der Waals surface area contributed by atoms with Gasteiger partial charge in [0.2, 0.25) is 5.91 Å². The van der Waals surface area contributed by atoms with Crippen LogP contribution in [0.25, 0.3) is 0 Å². The van der Waals surface area contributed by atoms with Crippen molar-refractivity contribution in [2.45, 2.75) is 19.0 Å². The fourth-order valence-corrected chi connectivity index (χ4v) is 3.79. The molecule has 10 heteroatoms. The first kappa shape index (κ1) is 24.0. The van der Waals surface area contributed by atoms with E-state index >= 15 is 0 Å². The van der Waals surface area contributed by atoms with Crippen LogP contribution in [-0.2, 0) is 11.3 Å². The third-order valence-corrected chi connectivity index (χ3v) is 5.55. The number of para-hydroxylation sites is 1. The second-order valence-electron chi connectivity index (χ2n) is 6.51. The summed E-state index contributed by atoms with van der Waals surface area (Å²) in [6.07, 6.45) is 2.30. The Morgan fingerprint density at radius 1 is 1.23 bits per heavy atom. The number of hydrogen-bond donors (Lipinski definition) is 1. The zero-order chi connectivity index (χ0) is 22.3. The molecule has 2 aromatic carbocycles. The molecule has 0 spiro atoms. The first-order valence-corrected chi connectivity index (χ1v) is 11.1. The van der Waals surface area contributed by atoms with Crippen LogP contribution in [0.2, 0.25) is 10.0 Å². The summed E-state index contributed by atoms with van der Waals surface area (Å²) >= 11 is 13.5. The van der Waals surface area contributed by atoms with Crippen LogP contribution in [0.1, 0.15) is 22.3 Å². The highest BCUT2D eigenvalue weighted by Crippen LogP contribution is 2.22. The van der Waals surface area contributed by atoms with E-state index in [0.717, 1.165) is 0 Å². The molecule has 2 rings (SSSR count). The average Bonchev–Trinajstić information content (AvgIpc) is 2.70.